The smallest absolute Gasteiger partial charge is 0.305 e. The lowest BCUT2D eigenvalue weighted by atomic mass is 9.98. The molecule has 0 fully saturated rings. The molecule has 1 unspecified atom stereocenters. The first-order valence-corrected chi connectivity index (χ1v) is 6.37. The second-order valence-electron chi connectivity index (χ2n) is 5.42. The Hall–Kier alpha value is -1.35. The molecule has 3 heteroatoms. The van der Waals surface area contributed by atoms with Crippen LogP contribution in [0.4, 0.5) is 0 Å². The average molecular weight is 249 g/mol. The summed E-state index contributed by atoms with van der Waals surface area (Å²) >= 11 is 0. The number of carboxylic acids is 1. The zero-order chi connectivity index (χ0) is 13.7. The summed E-state index contributed by atoms with van der Waals surface area (Å²) in [5, 5.41) is 8.94. The first-order chi connectivity index (χ1) is 8.40. The van der Waals surface area contributed by atoms with E-state index in [-0.39, 0.29) is 12.5 Å². The van der Waals surface area contributed by atoms with Gasteiger partial charge in [-0.1, -0.05) is 38.1 Å². The third-order valence-electron chi connectivity index (χ3n) is 3.00. The minimum Gasteiger partial charge on any atom is -0.481 e. The van der Waals surface area contributed by atoms with Crippen LogP contribution in [0.2, 0.25) is 0 Å². The molecule has 1 atom stereocenters. The van der Waals surface area contributed by atoms with Gasteiger partial charge in [0.05, 0.1) is 6.42 Å². The molecule has 1 N–H and O–H groups in total. The Morgan fingerprint density at radius 1 is 1.22 bits per heavy atom. The highest BCUT2D eigenvalue weighted by Crippen LogP contribution is 2.22. The van der Waals surface area contributed by atoms with Crippen molar-refractivity contribution in [3.8, 4) is 0 Å². The summed E-state index contributed by atoms with van der Waals surface area (Å²) in [5.41, 5.74) is 2.37. The van der Waals surface area contributed by atoms with Gasteiger partial charge in [0.1, 0.15) is 0 Å². The van der Waals surface area contributed by atoms with Crippen molar-refractivity contribution >= 4 is 5.97 Å². The van der Waals surface area contributed by atoms with Crippen molar-refractivity contribution in [2.45, 2.75) is 32.7 Å². The quantitative estimate of drug-likeness (QED) is 0.842. The van der Waals surface area contributed by atoms with Gasteiger partial charge in [-0.3, -0.25) is 4.79 Å². The van der Waals surface area contributed by atoms with Crippen LogP contribution in [0.3, 0.4) is 0 Å². The SMILES string of the molecule is CC(C)Cc1ccc(C(CC(=O)O)N(C)C)cc1. The van der Waals surface area contributed by atoms with Crippen molar-refractivity contribution in [2.24, 2.45) is 5.92 Å². The van der Waals surface area contributed by atoms with Crippen molar-refractivity contribution in [1.82, 2.24) is 4.90 Å². The zero-order valence-corrected chi connectivity index (χ0v) is 11.7. The fraction of sp³-hybridized carbons (Fsp3) is 0.533. The Morgan fingerprint density at radius 3 is 2.17 bits per heavy atom. The Labute approximate surface area is 109 Å². The average Bonchev–Trinajstić information content (AvgIpc) is 2.26. The lowest BCUT2D eigenvalue weighted by Gasteiger charge is -2.23. The summed E-state index contributed by atoms with van der Waals surface area (Å²) in [4.78, 5) is 12.8. The maximum absolute atomic E-state index is 10.9. The van der Waals surface area contributed by atoms with Gasteiger partial charge >= 0.3 is 5.97 Å². The van der Waals surface area contributed by atoms with Crippen molar-refractivity contribution in [3.05, 3.63) is 35.4 Å². The second-order valence-corrected chi connectivity index (χ2v) is 5.42. The summed E-state index contributed by atoms with van der Waals surface area (Å²) in [7, 11) is 3.82. The topological polar surface area (TPSA) is 40.5 Å². The van der Waals surface area contributed by atoms with Crippen LogP contribution in [0.1, 0.15) is 37.4 Å². The van der Waals surface area contributed by atoms with Gasteiger partial charge in [0.25, 0.3) is 0 Å². The zero-order valence-electron chi connectivity index (χ0n) is 11.7. The molecule has 0 radical (unpaired) electrons. The van der Waals surface area contributed by atoms with Gasteiger partial charge in [-0.2, -0.15) is 0 Å². The maximum Gasteiger partial charge on any atom is 0.305 e. The van der Waals surface area contributed by atoms with E-state index in [4.69, 9.17) is 5.11 Å². The highest BCUT2D eigenvalue weighted by atomic mass is 16.4. The molecule has 1 aromatic rings. The normalized spacial score (nSPS) is 13.0. The molecule has 0 aliphatic carbocycles. The molecule has 0 aromatic heterocycles. The number of benzene rings is 1. The van der Waals surface area contributed by atoms with Gasteiger partial charge in [-0.05, 0) is 37.6 Å². The number of hydrogen-bond donors (Lipinski definition) is 1. The Kier molecular flexibility index (Phi) is 5.35. The fourth-order valence-electron chi connectivity index (χ4n) is 2.11. The number of hydrogen-bond acceptors (Lipinski definition) is 2. The van der Waals surface area contributed by atoms with Crippen molar-refractivity contribution < 1.29 is 9.90 Å². The molecule has 0 aliphatic rings. The van der Waals surface area contributed by atoms with Gasteiger partial charge in [-0.15, -0.1) is 0 Å². The summed E-state index contributed by atoms with van der Waals surface area (Å²) in [6.07, 6.45) is 1.20. The summed E-state index contributed by atoms with van der Waals surface area (Å²) in [5.74, 6) is -0.125. The van der Waals surface area contributed by atoms with Crippen LogP contribution >= 0.6 is 0 Å². The number of nitrogens with zero attached hydrogens (tertiary/aromatic N) is 1. The molecule has 18 heavy (non-hydrogen) atoms. The molecule has 0 saturated heterocycles. The molecule has 0 spiro atoms. The number of carbonyl (C=O) groups is 1. The van der Waals surface area contributed by atoms with Crippen LogP contribution in [0, 0.1) is 5.92 Å². The monoisotopic (exact) mass is 249 g/mol. The summed E-state index contributed by atoms with van der Waals surface area (Å²) in [6, 6.07) is 8.24. The van der Waals surface area contributed by atoms with Gasteiger partial charge in [0.15, 0.2) is 0 Å². The van der Waals surface area contributed by atoms with E-state index in [0.29, 0.717) is 5.92 Å². The minimum atomic E-state index is -0.764. The molecule has 0 aliphatic heterocycles. The van der Waals surface area contributed by atoms with E-state index in [1.807, 2.05) is 31.1 Å². The van der Waals surface area contributed by atoms with E-state index in [9.17, 15) is 4.79 Å². The maximum atomic E-state index is 10.9. The Bertz CT molecular complexity index is 382. The largest absolute Gasteiger partial charge is 0.481 e. The number of aliphatic carboxylic acids is 1. The van der Waals surface area contributed by atoms with Crippen molar-refractivity contribution in [2.75, 3.05) is 14.1 Å². The molecule has 0 saturated carbocycles. The fourth-order valence-corrected chi connectivity index (χ4v) is 2.11. The molecule has 1 aromatic carbocycles. The first-order valence-electron chi connectivity index (χ1n) is 6.37. The second kappa shape index (κ2) is 6.55. The first kappa shape index (κ1) is 14.7. The lowest BCUT2D eigenvalue weighted by molar-refractivity contribution is -0.138. The summed E-state index contributed by atoms with van der Waals surface area (Å²) < 4.78 is 0. The number of carboxylic acid groups (broad SMARTS) is 1. The highest BCUT2D eigenvalue weighted by Gasteiger charge is 2.17. The molecule has 3 nitrogen and oxygen atoms in total. The standard InChI is InChI=1S/C15H23NO2/c1-11(2)9-12-5-7-13(8-6-12)14(16(3)4)10-15(17)18/h5-8,11,14H,9-10H2,1-4H3,(H,17,18). The van der Waals surface area contributed by atoms with Gasteiger partial charge < -0.3 is 10.0 Å². The Balaban J connectivity index is 2.83. The van der Waals surface area contributed by atoms with Gasteiger partial charge in [-0.25, -0.2) is 0 Å². The van der Waals surface area contributed by atoms with Crippen LogP contribution in [0.15, 0.2) is 24.3 Å². The van der Waals surface area contributed by atoms with Crippen LogP contribution in [0.25, 0.3) is 0 Å². The van der Waals surface area contributed by atoms with Crippen molar-refractivity contribution in [3.63, 3.8) is 0 Å². The van der Waals surface area contributed by atoms with Crippen LogP contribution in [-0.4, -0.2) is 30.1 Å². The number of rotatable bonds is 6. The van der Waals surface area contributed by atoms with Crippen LogP contribution in [0.5, 0.6) is 0 Å². The predicted molar refractivity (Wildman–Crippen MR) is 73.7 cm³/mol. The van der Waals surface area contributed by atoms with E-state index in [1.54, 1.807) is 0 Å². The lowest BCUT2D eigenvalue weighted by Crippen LogP contribution is -2.22. The minimum absolute atomic E-state index is 0.0596. The Morgan fingerprint density at radius 2 is 1.78 bits per heavy atom. The third-order valence-corrected chi connectivity index (χ3v) is 3.00. The van der Waals surface area contributed by atoms with E-state index >= 15 is 0 Å². The molecular formula is C15H23NO2. The van der Waals surface area contributed by atoms with E-state index in [0.717, 1.165) is 12.0 Å². The molecule has 0 heterocycles. The van der Waals surface area contributed by atoms with E-state index in [1.165, 1.54) is 5.56 Å². The molecule has 100 valence electrons. The summed E-state index contributed by atoms with van der Waals surface area (Å²) in [6.45, 7) is 4.39. The molecule has 0 amide bonds. The predicted octanol–water partition coefficient (Wildman–Crippen LogP) is 2.96. The van der Waals surface area contributed by atoms with Crippen LogP contribution < -0.4 is 0 Å². The molecular weight excluding hydrogens is 226 g/mol. The van der Waals surface area contributed by atoms with E-state index < -0.39 is 5.97 Å². The van der Waals surface area contributed by atoms with E-state index in [2.05, 4.69) is 26.0 Å². The third kappa shape index (κ3) is 4.49. The molecule has 0 bridgehead atoms. The van der Waals surface area contributed by atoms with Crippen molar-refractivity contribution in [1.29, 1.82) is 0 Å². The molecule has 1 rings (SSSR count). The van der Waals surface area contributed by atoms with Gasteiger partial charge in [0.2, 0.25) is 0 Å². The van der Waals surface area contributed by atoms with Crippen LogP contribution in [-0.2, 0) is 11.2 Å². The van der Waals surface area contributed by atoms with Gasteiger partial charge in [0, 0.05) is 6.04 Å². The highest BCUT2D eigenvalue weighted by molar-refractivity contribution is 5.67.